The van der Waals surface area contributed by atoms with Gasteiger partial charge in [-0.3, -0.25) is 4.68 Å². The zero-order chi connectivity index (χ0) is 12.4. The molecule has 2 aliphatic rings. The van der Waals surface area contributed by atoms with Gasteiger partial charge in [0.1, 0.15) is 0 Å². The summed E-state index contributed by atoms with van der Waals surface area (Å²) in [5, 5.41) is 8.17. The zero-order valence-corrected chi connectivity index (χ0v) is 12.1. The van der Waals surface area contributed by atoms with E-state index in [9.17, 15) is 0 Å². The fraction of sp³-hybridized carbons (Fsp3) is 0.769. The van der Waals surface area contributed by atoms with Gasteiger partial charge in [-0.05, 0) is 48.0 Å². The molecule has 0 radical (unpaired) electrons. The van der Waals surface area contributed by atoms with Gasteiger partial charge in [0, 0.05) is 24.9 Å². The van der Waals surface area contributed by atoms with Crippen LogP contribution in [0.3, 0.4) is 0 Å². The highest BCUT2D eigenvalue weighted by Crippen LogP contribution is 2.29. The third-order valence-corrected chi connectivity index (χ3v) is 4.40. The van der Waals surface area contributed by atoms with Crippen molar-refractivity contribution in [2.75, 3.05) is 13.2 Å². The summed E-state index contributed by atoms with van der Waals surface area (Å²) in [5.41, 5.74) is 0. The first-order valence-corrected chi connectivity index (χ1v) is 7.64. The Morgan fingerprint density at radius 1 is 1.33 bits per heavy atom. The first-order chi connectivity index (χ1) is 8.81. The van der Waals surface area contributed by atoms with Crippen molar-refractivity contribution in [3.8, 4) is 0 Å². The number of aromatic nitrogens is 2. The molecule has 5 heteroatoms. The summed E-state index contributed by atoms with van der Waals surface area (Å²) in [6.07, 6.45) is 10.1. The highest BCUT2D eigenvalue weighted by atomic mass is 79.9. The van der Waals surface area contributed by atoms with Gasteiger partial charge in [-0.2, -0.15) is 5.10 Å². The molecule has 2 heterocycles. The molecule has 0 spiro atoms. The maximum atomic E-state index is 5.43. The summed E-state index contributed by atoms with van der Waals surface area (Å²) in [6.45, 7) is 1.80. The summed E-state index contributed by atoms with van der Waals surface area (Å²) in [4.78, 5) is 0. The van der Waals surface area contributed by atoms with Gasteiger partial charge in [-0.25, -0.2) is 0 Å². The van der Waals surface area contributed by atoms with Crippen LogP contribution in [0.2, 0.25) is 0 Å². The minimum atomic E-state index is 0.546. The van der Waals surface area contributed by atoms with E-state index in [1.54, 1.807) is 0 Å². The second-order valence-corrected chi connectivity index (χ2v) is 6.30. The fourth-order valence-electron chi connectivity index (χ4n) is 3.07. The van der Waals surface area contributed by atoms with Gasteiger partial charge in [0.05, 0.1) is 23.3 Å². The van der Waals surface area contributed by atoms with Crippen LogP contribution in [0.5, 0.6) is 0 Å². The van der Waals surface area contributed by atoms with E-state index < -0.39 is 0 Å². The number of ether oxygens (including phenoxy) is 1. The highest BCUT2D eigenvalue weighted by molar-refractivity contribution is 9.10. The van der Waals surface area contributed by atoms with Gasteiger partial charge < -0.3 is 10.1 Å². The number of rotatable bonds is 3. The largest absolute Gasteiger partial charge is 0.380 e. The van der Waals surface area contributed by atoms with Crippen molar-refractivity contribution in [1.82, 2.24) is 15.1 Å². The molecule has 4 nitrogen and oxygen atoms in total. The lowest BCUT2D eigenvalue weighted by atomic mass is 9.90. The molecule has 0 amide bonds. The summed E-state index contributed by atoms with van der Waals surface area (Å²) >= 11 is 3.47. The van der Waals surface area contributed by atoms with Crippen molar-refractivity contribution >= 4 is 15.9 Å². The Kier molecular flexibility index (Phi) is 4.01. The number of hydrogen-bond donors (Lipinski definition) is 1. The Morgan fingerprint density at radius 2 is 2.28 bits per heavy atom. The first-order valence-electron chi connectivity index (χ1n) is 6.85. The molecular weight excluding hydrogens is 294 g/mol. The number of hydrogen-bond acceptors (Lipinski definition) is 3. The van der Waals surface area contributed by atoms with Gasteiger partial charge >= 0.3 is 0 Å². The molecule has 1 saturated carbocycles. The third kappa shape index (κ3) is 2.95. The molecule has 1 saturated heterocycles. The first kappa shape index (κ1) is 12.6. The smallest absolute Gasteiger partial charge is 0.0632 e. The van der Waals surface area contributed by atoms with Crippen LogP contribution in [0.4, 0.5) is 0 Å². The minimum absolute atomic E-state index is 0.546. The standard InChI is InChI=1S/C13H20BrN3O/c14-10-7-15-17(8-10)13-3-1-2-11(6-13)16-12-4-5-18-9-12/h7-8,11-13,16H,1-6,9H2. The quantitative estimate of drug-likeness (QED) is 0.932. The van der Waals surface area contributed by atoms with Crippen molar-refractivity contribution < 1.29 is 4.74 Å². The van der Waals surface area contributed by atoms with Gasteiger partial charge in [-0.1, -0.05) is 0 Å². The Labute approximate surface area is 116 Å². The fourth-order valence-corrected chi connectivity index (χ4v) is 3.37. The van der Waals surface area contributed by atoms with E-state index >= 15 is 0 Å². The van der Waals surface area contributed by atoms with Crippen LogP contribution >= 0.6 is 15.9 Å². The molecule has 1 aromatic heterocycles. The molecule has 3 unspecified atom stereocenters. The maximum absolute atomic E-state index is 5.43. The van der Waals surface area contributed by atoms with Crippen LogP contribution in [-0.2, 0) is 4.74 Å². The van der Waals surface area contributed by atoms with Crippen LogP contribution in [0.25, 0.3) is 0 Å². The average Bonchev–Trinajstić information content (AvgIpc) is 3.01. The Morgan fingerprint density at radius 3 is 3.00 bits per heavy atom. The lowest BCUT2D eigenvalue weighted by Crippen LogP contribution is -2.41. The van der Waals surface area contributed by atoms with E-state index in [0.717, 1.165) is 24.1 Å². The maximum Gasteiger partial charge on any atom is 0.0632 e. The monoisotopic (exact) mass is 313 g/mol. The SMILES string of the molecule is Brc1cnn(C2CCCC(NC3CCOC3)C2)c1. The van der Waals surface area contributed by atoms with Crippen molar-refractivity contribution in [3.05, 3.63) is 16.9 Å². The second-order valence-electron chi connectivity index (χ2n) is 5.38. The molecule has 2 fully saturated rings. The molecule has 3 atom stereocenters. The van der Waals surface area contributed by atoms with E-state index in [1.165, 1.54) is 25.7 Å². The average molecular weight is 314 g/mol. The molecule has 18 heavy (non-hydrogen) atoms. The van der Waals surface area contributed by atoms with Crippen LogP contribution in [0, 0.1) is 0 Å². The molecule has 0 aromatic carbocycles. The van der Waals surface area contributed by atoms with Crippen molar-refractivity contribution in [3.63, 3.8) is 0 Å². The molecule has 1 aliphatic carbocycles. The predicted octanol–water partition coefficient (Wildman–Crippen LogP) is 2.51. The number of halogens is 1. The Hall–Kier alpha value is -0.390. The Balaban J connectivity index is 1.57. The Bertz CT molecular complexity index is 389. The van der Waals surface area contributed by atoms with Crippen molar-refractivity contribution in [2.24, 2.45) is 0 Å². The molecule has 100 valence electrons. The van der Waals surface area contributed by atoms with E-state index in [2.05, 4.69) is 37.2 Å². The van der Waals surface area contributed by atoms with Crippen LogP contribution < -0.4 is 5.32 Å². The van der Waals surface area contributed by atoms with Gasteiger partial charge in [0.15, 0.2) is 0 Å². The third-order valence-electron chi connectivity index (χ3n) is 3.99. The summed E-state index contributed by atoms with van der Waals surface area (Å²) in [6, 6.07) is 1.74. The molecule has 3 rings (SSSR count). The normalized spacial score (nSPS) is 32.8. The van der Waals surface area contributed by atoms with E-state index in [-0.39, 0.29) is 0 Å². The van der Waals surface area contributed by atoms with Gasteiger partial charge in [0.2, 0.25) is 0 Å². The van der Waals surface area contributed by atoms with E-state index in [1.807, 2.05) is 6.20 Å². The van der Waals surface area contributed by atoms with Crippen molar-refractivity contribution in [2.45, 2.75) is 50.2 Å². The van der Waals surface area contributed by atoms with Crippen LogP contribution in [-0.4, -0.2) is 35.1 Å². The zero-order valence-electron chi connectivity index (χ0n) is 10.5. The summed E-state index contributed by atoms with van der Waals surface area (Å²) < 4.78 is 8.61. The molecule has 1 aromatic rings. The highest BCUT2D eigenvalue weighted by Gasteiger charge is 2.26. The molecule has 0 bridgehead atoms. The van der Waals surface area contributed by atoms with Crippen LogP contribution in [0.15, 0.2) is 16.9 Å². The summed E-state index contributed by atoms with van der Waals surface area (Å²) in [7, 11) is 0. The number of nitrogens with zero attached hydrogens (tertiary/aromatic N) is 2. The lowest BCUT2D eigenvalue weighted by Gasteiger charge is -2.31. The minimum Gasteiger partial charge on any atom is -0.380 e. The van der Waals surface area contributed by atoms with Gasteiger partial charge in [0.25, 0.3) is 0 Å². The summed E-state index contributed by atoms with van der Waals surface area (Å²) in [5.74, 6) is 0. The van der Waals surface area contributed by atoms with Gasteiger partial charge in [-0.15, -0.1) is 0 Å². The molecule has 1 N–H and O–H groups in total. The van der Waals surface area contributed by atoms with E-state index in [4.69, 9.17) is 4.74 Å². The predicted molar refractivity (Wildman–Crippen MR) is 73.6 cm³/mol. The van der Waals surface area contributed by atoms with Crippen LogP contribution in [0.1, 0.15) is 38.1 Å². The van der Waals surface area contributed by atoms with E-state index in [0.29, 0.717) is 18.1 Å². The second kappa shape index (κ2) is 5.72. The number of nitrogens with one attached hydrogen (secondary N) is 1. The topological polar surface area (TPSA) is 39.1 Å². The lowest BCUT2D eigenvalue weighted by molar-refractivity contribution is 0.182. The van der Waals surface area contributed by atoms with Crippen molar-refractivity contribution in [1.29, 1.82) is 0 Å². The molecule has 1 aliphatic heterocycles. The molecular formula is C13H20BrN3O.